The van der Waals surface area contributed by atoms with Crippen LogP contribution in [0.5, 0.6) is 0 Å². The van der Waals surface area contributed by atoms with Crippen LogP contribution in [0.1, 0.15) is 33.7 Å². The maximum absolute atomic E-state index is 12.0. The van der Waals surface area contributed by atoms with Crippen molar-refractivity contribution in [2.24, 2.45) is 11.5 Å². The number of amides is 2. The number of rotatable bonds is 8. The molecule has 6 N–H and O–H groups in total. The summed E-state index contributed by atoms with van der Waals surface area (Å²) in [7, 11) is 0. The Labute approximate surface area is 118 Å². The monoisotopic (exact) mass is 279 g/mol. The van der Waals surface area contributed by atoms with E-state index < -0.39 is 0 Å². The fourth-order valence-electron chi connectivity index (χ4n) is 1.56. The minimum atomic E-state index is -0.372. The van der Waals surface area contributed by atoms with Crippen LogP contribution in [-0.2, 0) is 0 Å². The largest absolute Gasteiger partial charge is 0.352 e. The minimum Gasteiger partial charge on any atom is -0.352 e. The molecule has 1 heterocycles. The molecule has 0 unspecified atom stereocenters. The van der Waals surface area contributed by atoms with E-state index in [0.717, 1.165) is 0 Å². The Morgan fingerprint density at radius 3 is 2.25 bits per heavy atom. The van der Waals surface area contributed by atoms with Crippen LogP contribution in [0, 0.1) is 0 Å². The molecule has 0 bridgehead atoms. The van der Waals surface area contributed by atoms with Gasteiger partial charge in [-0.1, -0.05) is 0 Å². The van der Waals surface area contributed by atoms with Gasteiger partial charge in [0.2, 0.25) is 0 Å². The Balaban J connectivity index is 2.71. The molecule has 0 atom stereocenters. The third kappa shape index (κ3) is 4.94. The molecule has 0 saturated carbocycles. The van der Waals surface area contributed by atoms with Crippen LogP contribution in [-0.4, -0.2) is 43.0 Å². The van der Waals surface area contributed by atoms with E-state index in [-0.39, 0.29) is 23.1 Å². The molecule has 0 fully saturated rings. The van der Waals surface area contributed by atoms with Gasteiger partial charge in [-0.15, -0.1) is 0 Å². The molecular weight excluding hydrogens is 258 g/mol. The Kier molecular flexibility index (Phi) is 7.23. The topological polar surface area (TPSA) is 123 Å². The number of aromatic nitrogens is 1. The second-order valence-corrected chi connectivity index (χ2v) is 4.20. The zero-order chi connectivity index (χ0) is 14.8. The van der Waals surface area contributed by atoms with Crippen molar-refractivity contribution in [2.75, 3.05) is 26.2 Å². The van der Waals surface area contributed by atoms with Crippen molar-refractivity contribution in [3.8, 4) is 0 Å². The van der Waals surface area contributed by atoms with E-state index in [9.17, 15) is 9.59 Å². The first-order chi connectivity index (χ1) is 9.70. The summed E-state index contributed by atoms with van der Waals surface area (Å²) in [6.45, 7) is 1.92. The Morgan fingerprint density at radius 2 is 1.65 bits per heavy atom. The van der Waals surface area contributed by atoms with Crippen LogP contribution in [0.25, 0.3) is 0 Å². The number of nitrogens with zero attached hydrogens (tertiary/aromatic N) is 1. The van der Waals surface area contributed by atoms with E-state index in [4.69, 9.17) is 11.5 Å². The van der Waals surface area contributed by atoms with E-state index >= 15 is 0 Å². The minimum absolute atomic E-state index is 0.120. The Bertz CT molecular complexity index is 409. The highest BCUT2D eigenvalue weighted by Gasteiger charge is 2.17. The fraction of sp³-hybridized carbons (Fsp3) is 0.462. The molecular formula is C13H21N5O2. The quantitative estimate of drug-likeness (QED) is 0.466. The van der Waals surface area contributed by atoms with Crippen molar-refractivity contribution in [3.05, 3.63) is 29.6 Å². The highest BCUT2D eigenvalue weighted by Crippen LogP contribution is 2.05. The van der Waals surface area contributed by atoms with Crippen molar-refractivity contribution < 1.29 is 9.59 Å². The van der Waals surface area contributed by atoms with Crippen molar-refractivity contribution >= 4 is 11.8 Å². The summed E-state index contributed by atoms with van der Waals surface area (Å²) in [6, 6.07) is 3.19. The van der Waals surface area contributed by atoms with Gasteiger partial charge in [0.15, 0.2) is 0 Å². The maximum Gasteiger partial charge on any atom is 0.270 e. The van der Waals surface area contributed by atoms with Gasteiger partial charge in [0.05, 0.1) is 5.56 Å². The van der Waals surface area contributed by atoms with Crippen LogP contribution >= 0.6 is 0 Å². The second-order valence-electron chi connectivity index (χ2n) is 4.20. The molecule has 0 aliphatic rings. The molecule has 1 aromatic heterocycles. The Hall–Kier alpha value is -1.99. The molecule has 110 valence electrons. The van der Waals surface area contributed by atoms with Gasteiger partial charge >= 0.3 is 0 Å². The predicted octanol–water partition coefficient (Wildman–Crippen LogP) is -0.761. The molecule has 0 spiro atoms. The van der Waals surface area contributed by atoms with Gasteiger partial charge in [-0.25, -0.2) is 0 Å². The molecule has 1 aromatic rings. The van der Waals surface area contributed by atoms with Crippen molar-refractivity contribution in [1.29, 1.82) is 0 Å². The average molecular weight is 279 g/mol. The predicted molar refractivity (Wildman–Crippen MR) is 76.2 cm³/mol. The van der Waals surface area contributed by atoms with Gasteiger partial charge in [0.25, 0.3) is 11.8 Å². The first kappa shape index (κ1) is 16.1. The summed E-state index contributed by atoms with van der Waals surface area (Å²) < 4.78 is 0. The van der Waals surface area contributed by atoms with Gasteiger partial charge in [0.1, 0.15) is 5.69 Å². The number of carbonyl (C=O) groups excluding carboxylic acids is 2. The standard InChI is InChI=1S/C13H21N5O2/c14-5-2-8-17-12(19)10-4-1-7-16-11(10)13(20)18-9-3-6-15/h1,4,7H,2-3,5-6,8-9,14-15H2,(H,17,19)(H,18,20). The SMILES string of the molecule is NCCCNC(=O)c1cccnc1C(=O)NCCCN. The third-order valence-corrected chi connectivity index (χ3v) is 2.60. The van der Waals surface area contributed by atoms with Crippen molar-refractivity contribution in [1.82, 2.24) is 15.6 Å². The molecule has 0 aliphatic heterocycles. The highest BCUT2D eigenvalue weighted by atomic mass is 16.2. The van der Waals surface area contributed by atoms with Crippen LogP contribution < -0.4 is 22.1 Å². The molecule has 0 aliphatic carbocycles. The lowest BCUT2D eigenvalue weighted by Crippen LogP contribution is -2.32. The Morgan fingerprint density at radius 1 is 1.05 bits per heavy atom. The molecule has 2 amide bonds. The fourth-order valence-corrected chi connectivity index (χ4v) is 1.56. The molecule has 20 heavy (non-hydrogen) atoms. The van der Waals surface area contributed by atoms with Crippen LogP contribution in [0.15, 0.2) is 18.3 Å². The van der Waals surface area contributed by atoms with Crippen LogP contribution in [0.4, 0.5) is 0 Å². The van der Waals surface area contributed by atoms with Gasteiger partial charge < -0.3 is 22.1 Å². The summed E-state index contributed by atoms with van der Waals surface area (Å²) in [5.74, 6) is -0.696. The normalized spacial score (nSPS) is 10.1. The zero-order valence-corrected chi connectivity index (χ0v) is 11.4. The number of carbonyl (C=O) groups is 2. The summed E-state index contributed by atoms with van der Waals surface area (Å²) >= 11 is 0. The number of hydrogen-bond donors (Lipinski definition) is 4. The lowest BCUT2D eigenvalue weighted by Gasteiger charge is -2.09. The summed E-state index contributed by atoms with van der Waals surface area (Å²) in [4.78, 5) is 27.9. The summed E-state index contributed by atoms with van der Waals surface area (Å²) in [6.07, 6.45) is 2.84. The smallest absolute Gasteiger partial charge is 0.270 e. The van der Waals surface area contributed by atoms with Crippen LogP contribution in [0.2, 0.25) is 0 Å². The van der Waals surface area contributed by atoms with Gasteiger partial charge in [0, 0.05) is 19.3 Å². The van der Waals surface area contributed by atoms with Crippen molar-refractivity contribution in [3.63, 3.8) is 0 Å². The molecule has 0 radical (unpaired) electrons. The molecule has 7 heteroatoms. The third-order valence-electron chi connectivity index (χ3n) is 2.60. The lowest BCUT2D eigenvalue weighted by molar-refractivity contribution is 0.0915. The van der Waals surface area contributed by atoms with Crippen LogP contribution in [0.3, 0.4) is 0 Å². The molecule has 0 aromatic carbocycles. The second kappa shape index (κ2) is 9.00. The molecule has 7 nitrogen and oxygen atoms in total. The van der Waals surface area contributed by atoms with Gasteiger partial charge in [-0.3, -0.25) is 14.6 Å². The van der Waals surface area contributed by atoms with E-state index in [1.807, 2.05) is 0 Å². The highest BCUT2D eigenvalue weighted by molar-refractivity contribution is 6.05. The summed E-state index contributed by atoms with van der Waals surface area (Å²) in [5, 5.41) is 5.38. The number of nitrogens with two attached hydrogens (primary N) is 2. The van der Waals surface area contributed by atoms with E-state index in [1.54, 1.807) is 12.1 Å². The van der Waals surface area contributed by atoms with Gasteiger partial charge in [-0.05, 0) is 38.1 Å². The summed E-state index contributed by atoms with van der Waals surface area (Å²) in [5.41, 5.74) is 11.1. The number of nitrogens with one attached hydrogen (secondary N) is 2. The number of pyridine rings is 1. The number of hydrogen-bond acceptors (Lipinski definition) is 5. The van der Waals surface area contributed by atoms with E-state index in [0.29, 0.717) is 39.0 Å². The zero-order valence-electron chi connectivity index (χ0n) is 11.4. The molecule has 0 saturated heterocycles. The lowest BCUT2D eigenvalue weighted by atomic mass is 10.1. The van der Waals surface area contributed by atoms with E-state index in [1.165, 1.54) is 6.20 Å². The first-order valence-corrected chi connectivity index (χ1v) is 6.62. The van der Waals surface area contributed by atoms with Gasteiger partial charge in [-0.2, -0.15) is 0 Å². The maximum atomic E-state index is 12.0. The van der Waals surface area contributed by atoms with Crippen molar-refractivity contribution in [2.45, 2.75) is 12.8 Å². The molecule has 1 rings (SSSR count). The van der Waals surface area contributed by atoms with E-state index in [2.05, 4.69) is 15.6 Å². The first-order valence-electron chi connectivity index (χ1n) is 6.62. The average Bonchev–Trinajstić information content (AvgIpc) is 2.47.